The summed E-state index contributed by atoms with van der Waals surface area (Å²) in [5.74, 6) is 2.24. The second-order valence-corrected chi connectivity index (χ2v) is 7.21. The van der Waals surface area contributed by atoms with Gasteiger partial charge in [0.2, 0.25) is 0 Å². The van der Waals surface area contributed by atoms with E-state index in [0.717, 1.165) is 62.4 Å². The van der Waals surface area contributed by atoms with Crippen LogP contribution >= 0.6 is 0 Å². The lowest BCUT2D eigenvalue weighted by molar-refractivity contribution is 0.0891. The second-order valence-electron chi connectivity index (χ2n) is 7.21. The van der Waals surface area contributed by atoms with Crippen molar-refractivity contribution in [1.82, 2.24) is 15.1 Å². The Bertz CT molecular complexity index is 864. The van der Waals surface area contributed by atoms with Crippen molar-refractivity contribution in [3.8, 4) is 11.5 Å². The average molecular weight is 378 g/mol. The van der Waals surface area contributed by atoms with Gasteiger partial charge in [0, 0.05) is 32.8 Å². The molecule has 1 atom stereocenters. The molecule has 1 aliphatic rings. The smallest absolute Gasteiger partial charge is 0.259 e. The minimum atomic E-state index is 0.282. The molecule has 146 valence electrons. The van der Waals surface area contributed by atoms with Crippen molar-refractivity contribution in [1.29, 1.82) is 0 Å². The third-order valence-electron chi connectivity index (χ3n) is 5.21. The molecule has 3 aromatic rings. The van der Waals surface area contributed by atoms with Crippen molar-refractivity contribution in [2.24, 2.45) is 0 Å². The first-order chi connectivity index (χ1) is 13.8. The molecular formula is C22H26N4O2. The Kier molecular flexibility index (Phi) is 5.97. The van der Waals surface area contributed by atoms with Crippen LogP contribution < -0.4 is 4.90 Å². The first kappa shape index (κ1) is 18.6. The molecule has 1 fully saturated rings. The van der Waals surface area contributed by atoms with E-state index in [9.17, 15) is 0 Å². The molecule has 0 spiro atoms. The highest BCUT2D eigenvalue weighted by molar-refractivity contribution is 5.54. The molecule has 0 amide bonds. The van der Waals surface area contributed by atoms with Crippen LogP contribution in [0, 0.1) is 0 Å². The number of pyridine rings is 1. The highest BCUT2D eigenvalue weighted by Crippen LogP contribution is 2.23. The van der Waals surface area contributed by atoms with E-state index in [1.54, 1.807) is 7.11 Å². The number of rotatable bonds is 7. The lowest BCUT2D eigenvalue weighted by atomic mass is 10.1. The van der Waals surface area contributed by atoms with Gasteiger partial charge in [0.1, 0.15) is 5.82 Å². The first-order valence-corrected chi connectivity index (χ1v) is 9.92. The largest absolute Gasteiger partial charge is 0.380 e. The Morgan fingerprint density at radius 2 is 2.04 bits per heavy atom. The summed E-state index contributed by atoms with van der Waals surface area (Å²) in [6, 6.07) is 14.5. The highest BCUT2D eigenvalue weighted by Gasteiger charge is 2.20. The van der Waals surface area contributed by atoms with Crippen LogP contribution in [0.25, 0.3) is 11.5 Å². The normalized spacial score (nSPS) is 17.0. The number of hydrogen-bond donors (Lipinski definition) is 0. The Labute approximate surface area is 165 Å². The summed E-state index contributed by atoms with van der Waals surface area (Å²) in [7, 11) is 1.78. The fourth-order valence-electron chi connectivity index (χ4n) is 3.61. The molecule has 1 saturated heterocycles. The number of aryl methyl sites for hydroxylation is 2. The lowest BCUT2D eigenvalue weighted by Crippen LogP contribution is -2.39. The zero-order chi connectivity index (χ0) is 19.2. The quantitative estimate of drug-likeness (QED) is 0.621. The molecule has 0 unspecified atom stereocenters. The fourth-order valence-corrected chi connectivity index (χ4v) is 3.61. The van der Waals surface area contributed by atoms with E-state index in [1.807, 2.05) is 24.4 Å². The number of benzene rings is 1. The predicted molar refractivity (Wildman–Crippen MR) is 108 cm³/mol. The number of methoxy groups -OCH3 is 1. The van der Waals surface area contributed by atoms with Gasteiger partial charge in [0.25, 0.3) is 5.89 Å². The molecule has 0 bridgehead atoms. The van der Waals surface area contributed by atoms with Crippen LogP contribution in [0.1, 0.15) is 30.7 Å². The van der Waals surface area contributed by atoms with Crippen LogP contribution in [-0.2, 0) is 17.6 Å². The van der Waals surface area contributed by atoms with E-state index < -0.39 is 0 Å². The molecule has 2 aromatic heterocycles. The Balaban J connectivity index is 1.34. The molecule has 6 heteroatoms. The molecule has 0 saturated carbocycles. The summed E-state index contributed by atoms with van der Waals surface area (Å²) in [5.41, 5.74) is 2.19. The van der Waals surface area contributed by atoms with Gasteiger partial charge < -0.3 is 14.2 Å². The van der Waals surface area contributed by atoms with Gasteiger partial charge in [-0.05, 0) is 43.4 Å². The third-order valence-corrected chi connectivity index (χ3v) is 5.21. The summed E-state index contributed by atoms with van der Waals surface area (Å²) in [6.07, 6.45) is 7.14. The van der Waals surface area contributed by atoms with Crippen LogP contribution in [0.5, 0.6) is 0 Å². The van der Waals surface area contributed by atoms with Gasteiger partial charge in [-0.3, -0.25) is 0 Å². The summed E-state index contributed by atoms with van der Waals surface area (Å²) < 4.78 is 10.9. The van der Waals surface area contributed by atoms with Gasteiger partial charge in [0.05, 0.1) is 11.7 Å². The predicted octanol–water partition coefficient (Wildman–Crippen LogP) is 3.92. The topological polar surface area (TPSA) is 64.3 Å². The first-order valence-electron chi connectivity index (χ1n) is 9.92. The molecule has 0 aliphatic carbocycles. The number of anilines is 1. The number of aromatic nitrogens is 3. The molecule has 4 rings (SSSR count). The highest BCUT2D eigenvalue weighted by atomic mass is 16.5. The number of nitrogens with zero attached hydrogens (tertiary/aromatic N) is 4. The zero-order valence-corrected chi connectivity index (χ0v) is 16.3. The second kappa shape index (κ2) is 8.97. The Morgan fingerprint density at radius 3 is 2.82 bits per heavy atom. The molecule has 3 heterocycles. The molecule has 0 N–H and O–H groups in total. The van der Waals surface area contributed by atoms with Crippen molar-refractivity contribution >= 4 is 5.82 Å². The maximum absolute atomic E-state index is 5.50. The Morgan fingerprint density at radius 1 is 1.14 bits per heavy atom. The number of hydrogen-bond acceptors (Lipinski definition) is 6. The van der Waals surface area contributed by atoms with Crippen LogP contribution in [0.4, 0.5) is 5.82 Å². The monoisotopic (exact) mass is 378 g/mol. The van der Waals surface area contributed by atoms with Crippen LogP contribution in [0.2, 0.25) is 0 Å². The summed E-state index contributed by atoms with van der Waals surface area (Å²) in [5, 5.41) is 4.12. The van der Waals surface area contributed by atoms with Crippen molar-refractivity contribution in [3.05, 3.63) is 60.0 Å². The number of piperidine rings is 1. The van der Waals surface area contributed by atoms with Crippen molar-refractivity contribution in [2.45, 2.75) is 38.2 Å². The molecular weight excluding hydrogens is 352 g/mol. The van der Waals surface area contributed by atoms with Gasteiger partial charge in [-0.25, -0.2) is 4.98 Å². The van der Waals surface area contributed by atoms with Gasteiger partial charge in [-0.1, -0.05) is 35.5 Å². The summed E-state index contributed by atoms with van der Waals surface area (Å²) in [4.78, 5) is 11.4. The minimum absolute atomic E-state index is 0.282. The van der Waals surface area contributed by atoms with Gasteiger partial charge in [-0.15, -0.1) is 0 Å². The maximum atomic E-state index is 5.50. The van der Waals surface area contributed by atoms with Crippen LogP contribution in [-0.4, -0.2) is 41.4 Å². The van der Waals surface area contributed by atoms with E-state index in [1.165, 1.54) is 5.56 Å². The lowest BCUT2D eigenvalue weighted by Gasteiger charge is -2.32. The SMILES string of the molecule is CO[C@@H]1CCCN(c2ccc(-c3nc(CCCc4ccccc4)no3)cn2)C1. The minimum Gasteiger partial charge on any atom is -0.380 e. The molecule has 6 nitrogen and oxygen atoms in total. The van der Waals surface area contributed by atoms with Crippen molar-refractivity contribution in [2.75, 3.05) is 25.1 Å². The van der Waals surface area contributed by atoms with E-state index in [4.69, 9.17) is 9.26 Å². The maximum Gasteiger partial charge on any atom is 0.259 e. The Hall–Kier alpha value is -2.73. The van der Waals surface area contributed by atoms with E-state index in [0.29, 0.717) is 5.89 Å². The van der Waals surface area contributed by atoms with Gasteiger partial charge in [-0.2, -0.15) is 4.98 Å². The summed E-state index contributed by atoms with van der Waals surface area (Å²) in [6.45, 7) is 1.90. The zero-order valence-electron chi connectivity index (χ0n) is 16.3. The average Bonchev–Trinajstić information content (AvgIpc) is 3.24. The van der Waals surface area contributed by atoms with E-state index in [-0.39, 0.29) is 6.10 Å². The third kappa shape index (κ3) is 4.57. The van der Waals surface area contributed by atoms with Crippen molar-refractivity contribution in [3.63, 3.8) is 0 Å². The van der Waals surface area contributed by atoms with Gasteiger partial charge >= 0.3 is 0 Å². The van der Waals surface area contributed by atoms with Crippen LogP contribution in [0.3, 0.4) is 0 Å². The standard InChI is InChI=1S/C22H26N4O2/c1-27-19-10-6-14-26(16-19)21-13-12-18(15-23-21)22-24-20(25-28-22)11-5-9-17-7-3-2-4-8-17/h2-4,7-8,12-13,15,19H,5-6,9-11,14,16H2,1H3/t19-/m1/s1. The fraction of sp³-hybridized carbons (Fsp3) is 0.409. The van der Waals surface area contributed by atoms with Crippen molar-refractivity contribution < 1.29 is 9.26 Å². The molecule has 28 heavy (non-hydrogen) atoms. The number of ether oxygens (including phenoxy) is 1. The van der Waals surface area contributed by atoms with Gasteiger partial charge in [0.15, 0.2) is 5.82 Å². The molecule has 1 aliphatic heterocycles. The summed E-state index contributed by atoms with van der Waals surface area (Å²) >= 11 is 0. The molecule has 1 aromatic carbocycles. The van der Waals surface area contributed by atoms with E-state index in [2.05, 4.69) is 44.3 Å². The molecule has 0 radical (unpaired) electrons. The van der Waals surface area contributed by atoms with Crippen LogP contribution in [0.15, 0.2) is 53.2 Å². The van der Waals surface area contributed by atoms with E-state index >= 15 is 0 Å².